The predicted octanol–water partition coefficient (Wildman–Crippen LogP) is 5.65. The molecule has 1 heterocycles. The Kier molecular flexibility index (Phi) is 9.06. The van der Waals surface area contributed by atoms with E-state index in [0.29, 0.717) is 48.0 Å². The van der Waals surface area contributed by atoms with E-state index in [2.05, 4.69) is 11.9 Å². The maximum Gasteiger partial charge on any atom is 0.303 e. The van der Waals surface area contributed by atoms with Crippen molar-refractivity contribution in [2.45, 2.75) is 32.8 Å². The van der Waals surface area contributed by atoms with Gasteiger partial charge in [-0.2, -0.15) is 0 Å². The first-order chi connectivity index (χ1) is 18.9. The predicted molar refractivity (Wildman–Crippen MR) is 147 cm³/mol. The number of carboxylic acids is 1. The van der Waals surface area contributed by atoms with Crippen molar-refractivity contribution in [3.8, 4) is 56.9 Å². The molecule has 9 heteroatoms. The lowest BCUT2D eigenvalue weighted by Gasteiger charge is -2.09. The van der Waals surface area contributed by atoms with Gasteiger partial charge in [-0.1, -0.05) is 6.92 Å². The lowest BCUT2D eigenvalue weighted by Crippen LogP contribution is -2.01. The van der Waals surface area contributed by atoms with Crippen LogP contribution in [0.2, 0.25) is 0 Å². The summed E-state index contributed by atoms with van der Waals surface area (Å²) in [6.45, 7) is 2.65. The summed E-state index contributed by atoms with van der Waals surface area (Å²) in [5.74, 6) is 1.22. The van der Waals surface area contributed by atoms with Crippen LogP contribution < -0.4 is 14.2 Å². The van der Waals surface area contributed by atoms with Gasteiger partial charge in [-0.05, 0) is 73.5 Å². The standard InChI is InChI=1S/C30H32N2O7/c1-3-14-38-23-10-6-19(7-11-23)27-28(20-8-12-24(13-9-20)39-15-4-5-26(34)35)32-30(31-27)21-16-22(18-33)29(36)25(17-21)37-2/h6-13,16-17,33,36H,3-5,14-15,18H2,1-2H3,(H,31,32)(H,34,35). The molecule has 0 atom stereocenters. The molecule has 0 aliphatic heterocycles. The Morgan fingerprint density at radius 1 is 0.923 bits per heavy atom. The third kappa shape index (κ3) is 6.69. The van der Waals surface area contributed by atoms with Crippen LogP contribution in [0.4, 0.5) is 0 Å². The van der Waals surface area contributed by atoms with Crippen LogP contribution in [0.25, 0.3) is 33.9 Å². The van der Waals surface area contributed by atoms with Gasteiger partial charge in [-0.25, -0.2) is 4.98 Å². The van der Waals surface area contributed by atoms with Gasteiger partial charge in [0.15, 0.2) is 11.5 Å². The van der Waals surface area contributed by atoms with Crippen LogP contribution in [0, 0.1) is 0 Å². The van der Waals surface area contributed by atoms with Gasteiger partial charge in [-0.15, -0.1) is 0 Å². The smallest absolute Gasteiger partial charge is 0.303 e. The van der Waals surface area contributed by atoms with Gasteiger partial charge in [-0.3, -0.25) is 4.79 Å². The largest absolute Gasteiger partial charge is 0.504 e. The van der Waals surface area contributed by atoms with Crippen molar-refractivity contribution in [2.75, 3.05) is 20.3 Å². The van der Waals surface area contributed by atoms with Crippen LogP contribution in [-0.2, 0) is 11.4 Å². The molecular formula is C30H32N2O7. The number of aliphatic carboxylic acids is 1. The number of nitrogens with one attached hydrogen (secondary N) is 1. The van der Waals surface area contributed by atoms with Crippen LogP contribution in [0.5, 0.6) is 23.0 Å². The molecule has 0 bridgehead atoms. The highest BCUT2D eigenvalue weighted by Gasteiger charge is 2.18. The van der Waals surface area contributed by atoms with Gasteiger partial charge in [0, 0.05) is 28.7 Å². The van der Waals surface area contributed by atoms with Gasteiger partial charge in [0.1, 0.15) is 17.3 Å². The van der Waals surface area contributed by atoms with Gasteiger partial charge in [0.2, 0.25) is 0 Å². The Balaban J connectivity index is 1.71. The highest BCUT2D eigenvalue weighted by Crippen LogP contribution is 2.38. The van der Waals surface area contributed by atoms with Crippen molar-refractivity contribution < 1.29 is 34.3 Å². The summed E-state index contributed by atoms with van der Waals surface area (Å²) in [5.41, 5.74) is 4.18. The van der Waals surface area contributed by atoms with Crippen molar-refractivity contribution in [1.29, 1.82) is 0 Å². The number of benzene rings is 3. The topological polar surface area (TPSA) is 134 Å². The normalized spacial score (nSPS) is 10.8. The number of ether oxygens (including phenoxy) is 3. The van der Waals surface area contributed by atoms with E-state index < -0.39 is 5.97 Å². The third-order valence-corrected chi connectivity index (χ3v) is 6.07. The van der Waals surface area contributed by atoms with Gasteiger partial charge in [0.05, 0.1) is 38.3 Å². The highest BCUT2D eigenvalue weighted by atomic mass is 16.5. The minimum Gasteiger partial charge on any atom is -0.504 e. The van der Waals surface area contributed by atoms with Crippen LogP contribution in [-0.4, -0.2) is 51.6 Å². The summed E-state index contributed by atoms with van der Waals surface area (Å²) >= 11 is 0. The molecular weight excluding hydrogens is 500 g/mol. The lowest BCUT2D eigenvalue weighted by molar-refractivity contribution is -0.137. The zero-order chi connectivity index (χ0) is 27.8. The molecule has 0 aliphatic rings. The molecule has 204 valence electrons. The minimum absolute atomic E-state index is 0.0562. The summed E-state index contributed by atoms with van der Waals surface area (Å²) in [7, 11) is 1.45. The van der Waals surface area contributed by atoms with Crippen LogP contribution in [0.15, 0.2) is 60.7 Å². The molecule has 4 N–H and O–H groups in total. The van der Waals surface area contributed by atoms with E-state index in [1.54, 1.807) is 12.1 Å². The molecule has 0 saturated carbocycles. The first kappa shape index (κ1) is 27.5. The van der Waals surface area contributed by atoms with E-state index in [9.17, 15) is 15.0 Å². The summed E-state index contributed by atoms with van der Waals surface area (Å²) in [6, 6.07) is 18.5. The molecule has 0 aliphatic carbocycles. The second-order valence-electron chi connectivity index (χ2n) is 8.90. The van der Waals surface area contributed by atoms with Gasteiger partial charge >= 0.3 is 5.97 Å². The van der Waals surface area contributed by atoms with Gasteiger partial charge in [0.25, 0.3) is 0 Å². The molecule has 9 nitrogen and oxygen atoms in total. The number of aromatic amines is 1. The van der Waals surface area contributed by atoms with E-state index in [1.807, 2.05) is 48.5 Å². The number of H-pyrrole nitrogens is 1. The number of methoxy groups -OCH3 is 1. The van der Waals surface area contributed by atoms with Crippen molar-refractivity contribution in [3.63, 3.8) is 0 Å². The number of aliphatic hydroxyl groups is 1. The Morgan fingerprint density at radius 3 is 2.15 bits per heavy atom. The summed E-state index contributed by atoms with van der Waals surface area (Å²) < 4.78 is 16.7. The number of imidazole rings is 1. The van der Waals surface area contributed by atoms with Crippen molar-refractivity contribution in [3.05, 3.63) is 66.2 Å². The molecule has 0 unspecified atom stereocenters. The number of rotatable bonds is 13. The second kappa shape index (κ2) is 12.8. The number of aliphatic hydroxyl groups excluding tert-OH is 1. The van der Waals surface area contributed by atoms with E-state index in [1.165, 1.54) is 7.11 Å². The first-order valence-corrected chi connectivity index (χ1v) is 12.7. The van der Waals surface area contributed by atoms with Crippen LogP contribution in [0.1, 0.15) is 31.7 Å². The monoisotopic (exact) mass is 532 g/mol. The Hall–Kier alpha value is -4.50. The second-order valence-corrected chi connectivity index (χ2v) is 8.90. The fraction of sp³-hybridized carbons (Fsp3) is 0.267. The van der Waals surface area contributed by atoms with E-state index in [0.717, 1.165) is 29.0 Å². The number of phenols is 1. The minimum atomic E-state index is -0.848. The van der Waals surface area contributed by atoms with E-state index in [4.69, 9.17) is 24.3 Å². The number of hydrogen-bond donors (Lipinski definition) is 4. The zero-order valence-corrected chi connectivity index (χ0v) is 21.9. The molecule has 0 spiro atoms. The highest BCUT2D eigenvalue weighted by molar-refractivity contribution is 5.82. The Morgan fingerprint density at radius 2 is 1.56 bits per heavy atom. The lowest BCUT2D eigenvalue weighted by atomic mass is 10.0. The number of aromatic hydroxyl groups is 1. The quantitative estimate of drug-likeness (QED) is 0.162. The number of hydrogen-bond acceptors (Lipinski definition) is 7. The SMILES string of the molecule is CCCOc1ccc(-c2nc(-c3cc(CO)c(O)c(OC)c3)[nH]c2-c2ccc(OCCCC(=O)O)cc2)cc1. The molecule has 0 saturated heterocycles. The summed E-state index contributed by atoms with van der Waals surface area (Å²) in [5, 5.41) is 28.9. The number of aromatic nitrogens is 2. The Bertz CT molecular complexity index is 1370. The molecule has 1 aromatic heterocycles. The van der Waals surface area contributed by atoms with E-state index in [-0.39, 0.29) is 24.5 Å². The molecule has 3 aromatic carbocycles. The molecule has 4 aromatic rings. The summed E-state index contributed by atoms with van der Waals surface area (Å²) in [4.78, 5) is 19.0. The molecule has 0 fully saturated rings. The molecule has 4 rings (SSSR count). The maximum absolute atomic E-state index is 10.7. The fourth-order valence-corrected chi connectivity index (χ4v) is 4.07. The molecule has 0 radical (unpaired) electrons. The third-order valence-electron chi connectivity index (χ3n) is 6.07. The average Bonchev–Trinajstić information content (AvgIpc) is 3.40. The average molecular weight is 533 g/mol. The van der Waals surface area contributed by atoms with Crippen molar-refractivity contribution >= 4 is 5.97 Å². The zero-order valence-electron chi connectivity index (χ0n) is 21.9. The number of carbonyl (C=O) groups is 1. The summed E-state index contributed by atoms with van der Waals surface area (Å²) in [6.07, 6.45) is 1.40. The van der Waals surface area contributed by atoms with Gasteiger partial charge < -0.3 is 34.5 Å². The van der Waals surface area contributed by atoms with Crippen molar-refractivity contribution in [2.24, 2.45) is 0 Å². The molecule has 39 heavy (non-hydrogen) atoms. The Labute approximate surface area is 226 Å². The van der Waals surface area contributed by atoms with Crippen LogP contribution >= 0.6 is 0 Å². The van der Waals surface area contributed by atoms with Crippen LogP contribution in [0.3, 0.4) is 0 Å². The van der Waals surface area contributed by atoms with E-state index >= 15 is 0 Å². The first-order valence-electron chi connectivity index (χ1n) is 12.7. The van der Waals surface area contributed by atoms with Crippen molar-refractivity contribution in [1.82, 2.24) is 9.97 Å². The maximum atomic E-state index is 10.7. The number of nitrogens with zero attached hydrogens (tertiary/aromatic N) is 1. The number of carboxylic acid groups (broad SMARTS) is 1. The fourth-order valence-electron chi connectivity index (χ4n) is 4.07. The molecule has 0 amide bonds.